The van der Waals surface area contributed by atoms with Crippen LogP contribution in [0.4, 0.5) is 5.69 Å². The lowest BCUT2D eigenvalue weighted by molar-refractivity contribution is -0.113. The molecule has 0 heterocycles. The fourth-order valence-corrected chi connectivity index (χ4v) is 5.22. The van der Waals surface area contributed by atoms with Crippen LogP contribution < -0.4 is 5.32 Å². The first-order valence-corrected chi connectivity index (χ1v) is 12.0. The second-order valence-electron chi connectivity index (χ2n) is 9.38. The lowest BCUT2D eigenvalue weighted by Gasteiger charge is -2.21. The molecule has 0 spiro atoms. The molecule has 4 aromatic carbocycles. The Kier molecular flexibility index (Phi) is 5.34. The first kappa shape index (κ1) is 21.5. The summed E-state index contributed by atoms with van der Waals surface area (Å²) >= 11 is 1.50. The van der Waals surface area contributed by atoms with E-state index >= 15 is 0 Å². The number of amides is 1. The van der Waals surface area contributed by atoms with Crippen LogP contribution in [0.5, 0.6) is 0 Å². The van der Waals surface area contributed by atoms with E-state index in [1.54, 1.807) is 0 Å². The molecule has 0 fully saturated rings. The van der Waals surface area contributed by atoms with Crippen molar-refractivity contribution < 1.29 is 9.59 Å². The Morgan fingerprint density at radius 2 is 1.48 bits per heavy atom. The molecule has 1 N–H and O–H groups in total. The molecular weight excluding hydrogens is 426 g/mol. The summed E-state index contributed by atoms with van der Waals surface area (Å²) in [5.41, 5.74) is 5.63. The van der Waals surface area contributed by atoms with E-state index in [1.165, 1.54) is 17.3 Å². The van der Waals surface area contributed by atoms with Gasteiger partial charge in [-0.2, -0.15) is 0 Å². The van der Waals surface area contributed by atoms with Gasteiger partial charge in [-0.05, 0) is 45.7 Å². The minimum Gasteiger partial charge on any atom is -0.325 e. The molecule has 1 aliphatic carbocycles. The van der Waals surface area contributed by atoms with Gasteiger partial charge in [-0.15, -0.1) is 11.8 Å². The van der Waals surface area contributed by atoms with E-state index in [-0.39, 0.29) is 17.1 Å². The quantitative estimate of drug-likeness (QED) is 0.297. The number of benzene rings is 4. The van der Waals surface area contributed by atoms with Gasteiger partial charge in [-0.25, -0.2) is 0 Å². The number of nitrogens with one attached hydrogen (secondary N) is 1. The first-order valence-electron chi connectivity index (χ1n) is 11.1. The minimum absolute atomic E-state index is 0.0506. The van der Waals surface area contributed by atoms with Gasteiger partial charge < -0.3 is 5.32 Å². The summed E-state index contributed by atoms with van der Waals surface area (Å²) in [4.78, 5) is 26.7. The Hall–Kier alpha value is -3.37. The molecule has 1 amide bonds. The molecule has 5 rings (SSSR count). The van der Waals surface area contributed by atoms with Gasteiger partial charge in [0, 0.05) is 27.1 Å². The van der Waals surface area contributed by atoms with E-state index in [4.69, 9.17) is 0 Å². The molecular formula is C29H25NO2S. The zero-order valence-electron chi connectivity index (χ0n) is 18.9. The van der Waals surface area contributed by atoms with Crippen molar-refractivity contribution in [2.24, 2.45) is 0 Å². The van der Waals surface area contributed by atoms with Crippen LogP contribution in [0.25, 0.3) is 21.9 Å². The van der Waals surface area contributed by atoms with Gasteiger partial charge in [-0.1, -0.05) is 81.4 Å². The van der Waals surface area contributed by atoms with Crippen molar-refractivity contribution in [3.8, 4) is 11.1 Å². The predicted molar refractivity (Wildman–Crippen MR) is 137 cm³/mol. The number of anilines is 1. The van der Waals surface area contributed by atoms with Crippen LogP contribution in [0.1, 0.15) is 42.3 Å². The molecule has 0 aliphatic heterocycles. The molecule has 0 aromatic heterocycles. The van der Waals surface area contributed by atoms with Gasteiger partial charge in [0.05, 0.1) is 5.75 Å². The van der Waals surface area contributed by atoms with Gasteiger partial charge in [0.25, 0.3) is 0 Å². The third kappa shape index (κ3) is 3.96. The van der Waals surface area contributed by atoms with E-state index in [2.05, 4.69) is 50.4 Å². The summed E-state index contributed by atoms with van der Waals surface area (Å²) in [5.74, 6) is 0.303. The highest BCUT2D eigenvalue weighted by atomic mass is 32.2. The number of carbonyl (C=O) groups excluding carboxylic acids is 2. The average Bonchev–Trinajstić information content (AvgIpc) is 2.81. The second-order valence-corrected chi connectivity index (χ2v) is 10.4. The third-order valence-electron chi connectivity index (χ3n) is 6.10. The second kappa shape index (κ2) is 8.20. The zero-order valence-corrected chi connectivity index (χ0v) is 19.8. The van der Waals surface area contributed by atoms with E-state index in [1.807, 2.05) is 54.6 Å². The molecule has 3 nitrogen and oxygen atoms in total. The number of rotatable bonds is 4. The smallest absolute Gasteiger partial charge is 0.234 e. The minimum atomic E-state index is -0.0506. The normalized spacial score (nSPS) is 12.5. The molecule has 0 unspecified atom stereocenters. The topological polar surface area (TPSA) is 46.2 Å². The highest BCUT2D eigenvalue weighted by Crippen LogP contribution is 2.42. The van der Waals surface area contributed by atoms with Crippen LogP contribution in [0.2, 0.25) is 0 Å². The average molecular weight is 452 g/mol. The lowest BCUT2D eigenvalue weighted by Crippen LogP contribution is -2.15. The largest absolute Gasteiger partial charge is 0.325 e. The van der Waals surface area contributed by atoms with Gasteiger partial charge in [0.2, 0.25) is 5.91 Å². The molecule has 0 radical (unpaired) electrons. The zero-order chi connectivity index (χ0) is 23.2. The summed E-state index contributed by atoms with van der Waals surface area (Å²) in [6, 6.07) is 25.8. The Bertz CT molecular complexity index is 1400. The van der Waals surface area contributed by atoms with E-state index < -0.39 is 0 Å². The Morgan fingerprint density at radius 3 is 2.21 bits per heavy atom. The van der Waals surface area contributed by atoms with Gasteiger partial charge in [-0.3, -0.25) is 9.59 Å². The van der Waals surface area contributed by atoms with Crippen LogP contribution in [0.3, 0.4) is 0 Å². The third-order valence-corrected chi connectivity index (χ3v) is 7.17. The van der Waals surface area contributed by atoms with Crippen molar-refractivity contribution in [1.29, 1.82) is 0 Å². The highest BCUT2D eigenvalue weighted by molar-refractivity contribution is 8.00. The molecule has 4 heteroatoms. The number of thioether (sulfide) groups is 1. The highest BCUT2D eigenvalue weighted by Gasteiger charge is 2.25. The summed E-state index contributed by atoms with van der Waals surface area (Å²) < 4.78 is 0. The lowest BCUT2D eigenvalue weighted by atomic mass is 9.83. The van der Waals surface area contributed by atoms with E-state index in [0.717, 1.165) is 43.6 Å². The Morgan fingerprint density at radius 1 is 0.788 bits per heavy atom. The summed E-state index contributed by atoms with van der Waals surface area (Å²) in [6.45, 7) is 6.51. The molecule has 0 bridgehead atoms. The molecule has 33 heavy (non-hydrogen) atoms. The van der Waals surface area contributed by atoms with Gasteiger partial charge in [0.15, 0.2) is 5.78 Å². The van der Waals surface area contributed by atoms with E-state index in [0.29, 0.717) is 5.75 Å². The van der Waals surface area contributed by atoms with Crippen molar-refractivity contribution in [1.82, 2.24) is 0 Å². The number of carbonyl (C=O) groups is 2. The fraction of sp³-hybridized carbons (Fsp3) is 0.172. The van der Waals surface area contributed by atoms with Crippen LogP contribution in [-0.4, -0.2) is 17.4 Å². The first-order chi connectivity index (χ1) is 15.8. The van der Waals surface area contributed by atoms with Gasteiger partial charge >= 0.3 is 0 Å². The number of hydrogen-bond donors (Lipinski definition) is 1. The fourth-order valence-electron chi connectivity index (χ4n) is 4.37. The summed E-state index contributed by atoms with van der Waals surface area (Å²) in [5, 5.41) is 4.98. The molecule has 164 valence electrons. The molecule has 4 aromatic rings. The molecule has 0 saturated carbocycles. The van der Waals surface area contributed by atoms with Gasteiger partial charge in [0.1, 0.15) is 0 Å². The monoisotopic (exact) mass is 451 g/mol. The number of ketones is 1. The number of fused-ring (bicyclic) bond motifs is 2. The maximum Gasteiger partial charge on any atom is 0.234 e. The Labute approximate surface area is 198 Å². The van der Waals surface area contributed by atoms with Crippen molar-refractivity contribution in [2.75, 3.05) is 11.1 Å². The maximum absolute atomic E-state index is 13.1. The number of hydrogen-bond acceptors (Lipinski definition) is 3. The SMILES string of the molecule is CC(C)(C)c1ccc(NC(=O)CSc2ccc3c4c(cccc24)C(=O)c2ccccc2-3)cc1. The van der Waals surface area contributed by atoms with Crippen molar-refractivity contribution in [2.45, 2.75) is 31.1 Å². The maximum atomic E-state index is 13.1. The molecule has 1 aliphatic rings. The van der Waals surface area contributed by atoms with Crippen LogP contribution in [-0.2, 0) is 10.2 Å². The van der Waals surface area contributed by atoms with Crippen molar-refractivity contribution in [3.05, 3.63) is 95.6 Å². The van der Waals surface area contributed by atoms with Crippen LogP contribution >= 0.6 is 11.8 Å². The van der Waals surface area contributed by atoms with E-state index in [9.17, 15) is 9.59 Å². The van der Waals surface area contributed by atoms with Crippen molar-refractivity contribution in [3.63, 3.8) is 0 Å². The summed E-state index contributed by atoms with van der Waals surface area (Å²) in [7, 11) is 0. The molecule has 0 saturated heterocycles. The van der Waals surface area contributed by atoms with Crippen LogP contribution in [0, 0.1) is 0 Å². The Balaban J connectivity index is 1.38. The van der Waals surface area contributed by atoms with Crippen molar-refractivity contribution >= 4 is 39.9 Å². The molecule has 0 atom stereocenters. The van der Waals surface area contributed by atoms with Crippen LogP contribution in [0.15, 0.2) is 83.8 Å². The summed E-state index contributed by atoms with van der Waals surface area (Å²) in [6.07, 6.45) is 0. The standard InChI is InChI=1S/C29H25NO2S/c1-29(2,3)18-11-13-19(14-12-18)30-26(31)17-33-25-16-15-21-20-7-4-5-8-22(20)28(32)24-10-6-9-23(25)27(21)24/h4-16H,17H2,1-3H3,(H,30,31). The predicted octanol–water partition coefficient (Wildman–Crippen LogP) is 7.08.